The van der Waals surface area contributed by atoms with Gasteiger partial charge in [0.25, 0.3) is 0 Å². The molecule has 0 saturated heterocycles. The van der Waals surface area contributed by atoms with Crippen LogP contribution >= 0.6 is 9.90 Å². The first kappa shape index (κ1) is 40.5. The summed E-state index contributed by atoms with van der Waals surface area (Å²) >= 11 is 0. The highest BCUT2D eigenvalue weighted by molar-refractivity contribution is 7.80. The SMILES string of the molecule is O=S(=O)(O)O.O=S(=O)(O)O.O=S(=O)(O)O.O=S(=O)(O)O.O=S(=O)(O)O.P. The molecule has 1 atom stereocenters. The Balaban J connectivity index is -0.0000000476. The van der Waals surface area contributed by atoms with Crippen LogP contribution in [0.3, 0.4) is 0 Å². The summed E-state index contributed by atoms with van der Waals surface area (Å²) in [5, 5.41) is 0. The van der Waals surface area contributed by atoms with Crippen molar-refractivity contribution in [2.75, 3.05) is 0 Å². The molecular formula is H13O20PS5. The van der Waals surface area contributed by atoms with E-state index in [2.05, 4.69) is 0 Å². The van der Waals surface area contributed by atoms with Gasteiger partial charge in [-0.3, -0.25) is 45.5 Å². The van der Waals surface area contributed by atoms with E-state index in [-0.39, 0.29) is 9.90 Å². The van der Waals surface area contributed by atoms with Crippen molar-refractivity contribution in [2.45, 2.75) is 0 Å². The predicted molar refractivity (Wildman–Crippen MR) is 82.0 cm³/mol. The third kappa shape index (κ3) is 255000. The normalized spacial score (nSPS) is 11.2. The van der Waals surface area contributed by atoms with E-state index in [1.54, 1.807) is 0 Å². The lowest BCUT2D eigenvalue weighted by molar-refractivity contribution is 0.378. The van der Waals surface area contributed by atoms with Crippen molar-refractivity contribution in [3.63, 3.8) is 0 Å². The second-order valence-electron chi connectivity index (χ2n) is 2.24. The molecule has 10 N–H and O–H groups in total. The summed E-state index contributed by atoms with van der Waals surface area (Å²) in [6.45, 7) is 0. The number of rotatable bonds is 0. The van der Waals surface area contributed by atoms with E-state index in [4.69, 9.17) is 87.6 Å². The first-order valence-corrected chi connectivity index (χ1v) is 10.5. The average Bonchev–Trinajstić information content (AvgIpc) is 1.79. The van der Waals surface area contributed by atoms with E-state index in [9.17, 15) is 0 Å². The monoisotopic (exact) mass is 524 g/mol. The standard InChI is InChI=1S/5H2O4S.H3P/c5*1-5(2,3)4;/h5*(H2,1,2,3,4);1H3. The van der Waals surface area contributed by atoms with Crippen molar-refractivity contribution in [2.24, 2.45) is 0 Å². The van der Waals surface area contributed by atoms with Crippen LogP contribution in [0.15, 0.2) is 0 Å². The zero-order valence-corrected chi connectivity index (χ0v) is 16.8. The molecule has 0 spiro atoms. The van der Waals surface area contributed by atoms with Crippen molar-refractivity contribution >= 4 is 61.9 Å². The molecule has 0 aromatic heterocycles. The smallest absolute Gasteiger partial charge is 0.264 e. The lowest BCUT2D eigenvalue weighted by atomic mass is 15.8. The molecule has 0 bridgehead atoms. The largest absolute Gasteiger partial charge is 0.394 e. The quantitative estimate of drug-likeness (QED) is 0.110. The fraction of sp³-hybridized carbons (Fsp3) is 0. The topological polar surface area (TPSA) is 373 Å². The van der Waals surface area contributed by atoms with Gasteiger partial charge in [-0.15, -0.1) is 0 Å². The Morgan fingerprint density at radius 2 is 0.269 bits per heavy atom. The number of hydrogen-bond donors (Lipinski definition) is 10. The molecular weight excluding hydrogens is 511 g/mol. The molecule has 0 fully saturated rings. The molecule has 0 aromatic carbocycles. The minimum Gasteiger partial charge on any atom is -0.264 e. The summed E-state index contributed by atoms with van der Waals surface area (Å²) in [6.07, 6.45) is 0. The van der Waals surface area contributed by atoms with Gasteiger partial charge in [-0.1, -0.05) is 0 Å². The van der Waals surface area contributed by atoms with Crippen LogP contribution in [0.1, 0.15) is 0 Å². The van der Waals surface area contributed by atoms with Gasteiger partial charge < -0.3 is 0 Å². The highest BCUT2D eigenvalue weighted by Crippen LogP contribution is 1.60. The molecule has 0 heterocycles. The summed E-state index contributed by atoms with van der Waals surface area (Å²) in [5.41, 5.74) is 0. The van der Waals surface area contributed by atoms with Crippen LogP contribution in [0.2, 0.25) is 0 Å². The molecule has 0 radical (unpaired) electrons. The van der Waals surface area contributed by atoms with Gasteiger partial charge in [0.2, 0.25) is 0 Å². The van der Waals surface area contributed by atoms with Crippen LogP contribution in [0.5, 0.6) is 0 Å². The predicted octanol–water partition coefficient (Wildman–Crippen LogP) is -3.21. The van der Waals surface area contributed by atoms with Crippen molar-refractivity contribution in [1.29, 1.82) is 0 Å². The van der Waals surface area contributed by atoms with E-state index in [1.165, 1.54) is 0 Å². The van der Waals surface area contributed by atoms with Crippen LogP contribution in [-0.2, 0) is 52.0 Å². The third-order valence-corrected chi connectivity index (χ3v) is 0. The van der Waals surface area contributed by atoms with E-state index >= 15 is 0 Å². The lowest BCUT2D eigenvalue weighted by Crippen LogP contribution is -1.89. The van der Waals surface area contributed by atoms with Crippen LogP contribution in [-0.4, -0.2) is 87.6 Å². The van der Waals surface area contributed by atoms with E-state index in [1.807, 2.05) is 0 Å². The summed E-state index contributed by atoms with van der Waals surface area (Å²) in [4.78, 5) is 0. The maximum Gasteiger partial charge on any atom is 0.394 e. The minimum absolute atomic E-state index is 0. The van der Waals surface area contributed by atoms with Crippen molar-refractivity contribution in [1.82, 2.24) is 0 Å². The average molecular weight is 524 g/mol. The molecule has 0 saturated carbocycles. The van der Waals surface area contributed by atoms with Gasteiger partial charge in [0, 0.05) is 0 Å². The summed E-state index contributed by atoms with van der Waals surface area (Å²) in [6, 6.07) is 0. The fourth-order valence-corrected chi connectivity index (χ4v) is 0. The Morgan fingerprint density at radius 3 is 0.269 bits per heavy atom. The lowest BCUT2D eigenvalue weighted by Gasteiger charge is -1.68. The van der Waals surface area contributed by atoms with Crippen molar-refractivity contribution < 1.29 is 87.6 Å². The summed E-state index contributed by atoms with van der Waals surface area (Å²) in [5.74, 6) is 0. The molecule has 168 valence electrons. The Hall–Kier alpha value is -0.220. The zero-order chi connectivity index (χ0) is 22.5. The third-order valence-electron chi connectivity index (χ3n) is 0. The van der Waals surface area contributed by atoms with Crippen molar-refractivity contribution in [3.05, 3.63) is 0 Å². The van der Waals surface area contributed by atoms with Gasteiger partial charge in [0.05, 0.1) is 0 Å². The van der Waals surface area contributed by atoms with Gasteiger partial charge in [0.1, 0.15) is 0 Å². The molecule has 26 heteroatoms. The van der Waals surface area contributed by atoms with E-state index < -0.39 is 52.0 Å². The molecule has 0 rings (SSSR count). The van der Waals surface area contributed by atoms with Crippen LogP contribution in [0.25, 0.3) is 0 Å². The second-order valence-corrected chi connectivity index (χ2v) is 6.72. The maximum atomic E-state index is 8.74. The molecule has 0 aliphatic rings. The maximum absolute atomic E-state index is 8.74. The highest BCUT2D eigenvalue weighted by atomic mass is 32.3. The minimum atomic E-state index is -4.67. The van der Waals surface area contributed by atoms with Gasteiger partial charge >= 0.3 is 52.0 Å². The van der Waals surface area contributed by atoms with Gasteiger partial charge in [-0.25, -0.2) is 0 Å². The van der Waals surface area contributed by atoms with Crippen LogP contribution in [0, 0.1) is 0 Å². The van der Waals surface area contributed by atoms with E-state index in [0.29, 0.717) is 0 Å². The van der Waals surface area contributed by atoms with Gasteiger partial charge in [-0.05, 0) is 0 Å². The molecule has 0 aromatic rings. The van der Waals surface area contributed by atoms with E-state index in [0.717, 1.165) is 0 Å². The fourth-order valence-electron chi connectivity index (χ4n) is 0. The van der Waals surface area contributed by atoms with Crippen LogP contribution < -0.4 is 0 Å². The Labute approximate surface area is 149 Å². The summed E-state index contributed by atoms with van der Waals surface area (Å²) < 4.78 is 158. The van der Waals surface area contributed by atoms with Crippen molar-refractivity contribution in [3.8, 4) is 0 Å². The van der Waals surface area contributed by atoms with Gasteiger partial charge in [0.15, 0.2) is 0 Å². The molecule has 1 unspecified atom stereocenters. The molecule has 26 heavy (non-hydrogen) atoms. The molecule has 20 nitrogen and oxygen atoms in total. The Kier molecular flexibility index (Phi) is 24.6. The second kappa shape index (κ2) is 15.8. The zero-order valence-electron chi connectivity index (χ0n) is 11.3. The molecule has 0 amide bonds. The van der Waals surface area contributed by atoms with Gasteiger partial charge in [-0.2, -0.15) is 52.0 Å². The summed E-state index contributed by atoms with van der Waals surface area (Å²) in [7, 11) is -23.3. The Bertz CT molecular complexity index is 614. The van der Waals surface area contributed by atoms with Crippen LogP contribution in [0.4, 0.5) is 0 Å². The highest BCUT2D eigenvalue weighted by Gasteiger charge is 1.86. The molecule has 0 aliphatic heterocycles. The first-order chi connectivity index (χ1) is 10.0. The Morgan fingerprint density at radius 1 is 0.269 bits per heavy atom. The first-order valence-electron chi connectivity index (χ1n) is 3.49. The molecule has 0 aliphatic carbocycles. The number of hydrogen-bond acceptors (Lipinski definition) is 10.